The van der Waals surface area contributed by atoms with Gasteiger partial charge in [0.15, 0.2) is 11.6 Å². The lowest BCUT2D eigenvalue weighted by Gasteiger charge is -2.07. The van der Waals surface area contributed by atoms with Crippen LogP contribution in [-0.4, -0.2) is 12.9 Å². The van der Waals surface area contributed by atoms with E-state index in [0.717, 1.165) is 6.07 Å². The number of nitrogen functional groups attached to an aromatic ring is 1. The lowest BCUT2D eigenvalue weighted by atomic mass is 10.1. The van der Waals surface area contributed by atoms with E-state index in [0.29, 0.717) is 0 Å². The molecule has 1 rings (SSSR count). The molecule has 13 heavy (non-hydrogen) atoms. The van der Waals surface area contributed by atoms with Crippen LogP contribution in [0.4, 0.5) is 8.78 Å². The van der Waals surface area contributed by atoms with Crippen LogP contribution in [0.3, 0.4) is 0 Å². The topological polar surface area (TPSA) is 59.1 Å². The highest BCUT2D eigenvalue weighted by Gasteiger charge is 2.15. The van der Waals surface area contributed by atoms with Gasteiger partial charge in [-0.25, -0.2) is 4.39 Å². The standard InChI is InChI=1S/C8H8F2N2O/c1-13-7-4(8(11)12)2-3-5(9)6(7)10/h2-3H,1H3,(H3,11,12). The van der Waals surface area contributed by atoms with Gasteiger partial charge < -0.3 is 10.5 Å². The third-order valence-corrected chi connectivity index (χ3v) is 1.54. The van der Waals surface area contributed by atoms with Gasteiger partial charge in [-0.3, -0.25) is 5.41 Å². The molecule has 0 bridgehead atoms. The van der Waals surface area contributed by atoms with E-state index >= 15 is 0 Å². The molecule has 0 aromatic heterocycles. The molecule has 0 radical (unpaired) electrons. The van der Waals surface area contributed by atoms with E-state index in [9.17, 15) is 8.78 Å². The second-order valence-corrected chi connectivity index (χ2v) is 2.36. The highest BCUT2D eigenvalue weighted by atomic mass is 19.2. The van der Waals surface area contributed by atoms with E-state index < -0.39 is 11.6 Å². The van der Waals surface area contributed by atoms with Gasteiger partial charge in [-0.1, -0.05) is 0 Å². The maximum Gasteiger partial charge on any atom is 0.201 e. The molecule has 0 fully saturated rings. The van der Waals surface area contributed by atoms with E-state index in [2.05, 4.69) is 4.74 Å². The minimum absolute atomic E-state index is 0.0430. The maximum atomic E-state index is 13.0. The first kappa shape index (κ1) is 9.44. The molecule has 1 aromatic rings. The van der Waals surface area contributed by atoms with Gasteiger partial charge in [0.2, 0.25) is 5.82 Å². The van der Waals surface area contributed by atoms with Crippen LogP contribution in [0.15, 0.2) is 12.1 Å². The zero-order valence-electron chi connectivity index (χ0n) is 6.90. The molecule has 0 atom stereocenters. The Balaban J connectivity index is 3.38. The van der Waals surface area contributed by atoms with Crippen molar-refractivity contribution in [2.24, 2.45) is 5.73 Å². The summed E-state index contributed by atoms with van der Waals surface area (Å²) in [5.74, 6) is -2.86. The van der Waals surface area contributed by atoms with Crippen LogP contribution in [0, 0.1) is 17.0 Å². The number of hydrogen-bond donors (Lipinski definition) is 2. The monoisotopic (exact) mass is 186 g/mol. The van der Waals surface area contributed by atoms with Crippen LogP contribution in [0.1, 0.15) is 5.56 Å². The Morgan fingerprint density at radius 1 is 1.46 bits per heavy atom. The van der Waals surface area contributed by atoms with Gasteiger partial charge in [-0.05, 0) is 12.1 Å². The lowest BCUT2D eigenvalue weighted by Crippen LogP contribution is -2.13. The average molecular weight is 186 g/mol. The molecule has 0 amide bonds. The predicted molar refractivity (Wildman–Crippen MR) is 43.9 cm³/mol. The molecule has 0 heterocycles. The highest BCUT2D eigenvalue weighted by molar-refractivity contribution is 5.97. The van der Waals surface area contributed by atoms with E-state index in [1.807, 2.05) is 0 Å². The third-order valence-electron chi connectivity index (χ3n) is 1.54. The number of hydrogen-bond acceptors (Lipinski definition) is 2. The molecule has 0 saturated carbocycles. The molecule has 0 aliphatic carbocycles. The number of benzene rings is 1. The molecule has 3 N–H and O–H groups in total. The van der Waals surface area contributed by atoms with Gasteiger partial charge >= 0.3 is 0 Å². The number of amidine groups is 1. The minimum Gasteiger partial charge on any atom is -0.493 e. The molecule has 0 spiro atoms. The second kappa shape index (κ2) is 3.38. The van der Waals surface area contributed by atoms with Crippen molar-refractivity contribution < 1.29 is 13.5 Å². The molecule has 0 saturated heterocycles. The zero-order chi connectivity index (χ0) is 10.0. The first-order valence-corrected chi connectivity index (χ1v) is 3.44. The van der Waals surface area contributed by atoms with E-state index in [-0.39, 0.29) is 17.1 Å². The second-order valence-electron chi connectivity index (χ2n) is 2.36. The fourth-order valence-electron chi connectivity index (χ4n) is 0.944. The third kappa shape index (κ3) is 1.58. The van der Waals surface area contributed by atoms with Gasteiger partial charge in [0.1, 0.15) is 5.84 Å². The van der Waals surface area contributed by atoms with Crippen molar-refractivity contribution in [2.45, 2.75) is 0 Å². The summed E-state index contributed by atoms with van der Waals surface area (Å²) >= 11 is 0. The van der Waals surface area contributed by atoms with Crippen LogP contribution < -0.4 is 10.5 Å². The summed E-state index contributed by atoms with van der Waals surface area (Å²) in [5, 5.41) is 7.06. The van der Waals surface area contributed by atoms with E-state index in [1.165, 1.54) is 13.2 Å². The lowest BCUT2D eigenvalue weighted by molar-refractivity contribution is 0.371. The van der Waals surface area contributed by atoms with Crippen molar-refractivity contribution in [2.75, 3.05) is 7.11 Å². The fourth-order valence-corrected chi connectivity index (χ4v) is 0.944. The van der Waals surface area contributed by atoms with Crippen LogP contribution in [0.25, 0.3) is 0 Å². The number of ether oxygens (including phenoxy) is 1. The van der Waals surface area contributed by atoms with Crippen molar-refractivity contribution in [3.8, 4) is 5.75 Å². The van der Waals surface area contributed by atoms with Crippen LogP contribution in [0.2, 0.25) is 0 Å². The van der Waals surface area contributed by atoms with E-state index in [4.69, 9.17) is 11.1 Å². The molecule has 3 nitrogen and oxygen atoms in total. The molecular formula is C8H8F2N2O. The van der Waals surface area contributed by atoms with Crippen LogP contribution >= 0.6 is 0 Å². The molecule has 0 unspecified atom stereocenters. The summed E-state index contributed by atoms with van der Waals surface area (Å²) in [6.45, 7) is 0. The molecule has 1 aromatic carbocycles. The summed E-state index contributed by atoms with van der Waals surface area (Å²) < 4.78 is 30.2. The average Bonchev–Trinajstić information content (AvgIpc) is 2.09. The summed E-state index contributed by atoms with van der Waals surface area (Å²) in [4.78, 5) is 0. The SMILES string of the molecule is COc1c(C(=N)N)ccc(F)c1F. The molecule has 0 aliphatic heterocycles. The number of rotatable bonds is 2. The summed E-state index contributed by atoms with van der Waals surface area (Å²) in [6.07, 6.45) is 0. The summed E-state index contributed by atoms with van der Waals surface area (Å²) in [6, 6.07) is 2.09. The number of nitrogens with one attached hydrogen (secondary N) is 1. The van der Waals surface area contributed by atoms with Crippen molar-refractivity contribution in [3.05, 3.63) is 29.3 Å². The van der Waals surface area contributed by atoms with Crippen molar-refractivity contribution in [3.63, 3.8) is 0 Å². The smallest absolute Gasteiger partial charge is 0.201 e. The van der Waals surface area contributed by atoms with Crippen LogP contribution in [0.5, 0.6) is 5.75 Å². The fraction of sp³-hybridized carbons (Fsp3) is 0.125. The van der Waals surface area contributed by atoms with Gasteiger partial charge in [0, 0.05) is 0 Å². The Morgan fingerprint density at radius 3 is 2.54 bits per heavy atom. The number of nitrogens with two attached hydrogens (primary N) is 1. The van der Waals surface area contributed by atoms with Crippen molar-refractivity contribution in [1.82, 2.24) is 0 Å². The Morgan fingerprint density at radius 2 is 2.08 bits per heavy atom. The predicted octanol–water partition coefficient (Wildman–Crippen LogP) is 1.26. The van der Waals surface area contributed by atoms with Gasteiger partial charge in [0.25, 0.3) is 0 Å². The quantitative estimate of drug-likeness (QED) is 0.539. The van der Waals surface area contributed by atoms with Gasteiger partial charge in [0.05, 0.1) is 12.7 Å². The molecule has 70 valence electrons. The normalized spacial score (nSPS) is 9.77. The minimum atomic E-state index is -1.13. The molecule has 5 heteroatoms. The Labute approximate surface area is 73.6 Å². The molecule has 0 aliphatic rings. The molecular weight excluding hydrogens is 178 g/mol. The van der Waals surface area contributed by atoms with Crippen molar-refractivity contribution >= 4 is 5.84 Å². The Bertz CT molecular complexity index is 352. The van der Waals surface area contributed by atoms with Gasteiger partial charge in [-0.15, -0.1) is 0 Å². The van der Waals surface area contributed by atoms with Gasteiger partial charge in [-0.2, -0.15) is 4.39 Å². The summed E-state index contributed by atoms with van der Waals surface area (Å²) in [7, 11) is 1.18. The van der Waals surface area contributed by atoms with E-state index in [1.54, 1.807) is 0 Å². The zero-order valence-corrected chi connectivity index (χ0v) is 6.90. The largest absolute Gasteiger partial charge is 0.493 e. The highest BCUT2D eigenvalue weighted by Crippen LogP contribution is 2.24. The van der Waals surface area contributed by atoms with Crippen LogP contribution in [-0.2, 0) is 0 Å². The Kier molecular flexibility index (Phi) is 2.46. The Hall–Kier alpha value is -1.65. The maximum absolute atomic E-state index is 13.0. The van der Waals surface area contributed by atoms with Crippen molar-refractivity contribution in [1.29, 1.82) is 5.41 Å². The number of halogens is 2. The summed E-state index contributed by atoms with van der Waals surface area (Å²) in [5.41, 5.74) is 5.17. The first-order chi connectivity index (χ1) is 6.07. The number of methoxy groups -OCH3 is 1. The first-order valence-electron chi connectivity index (χ1n) is 3.44.